The average Bonchev–Trinajstić information content (AvgIpc) is 2.74. The number of nitrogens with zero attached hydrogens (tertiary/aromatic N) is 3. The molecule has 1 amide bonds. The van der Waals surface area contributed by atoms with Crippen LogP contribution in [0.2, 0.25) is 0 Å². The van der Waals surface area contributed by atoms with E-state index in [1.807, 2.05) is 6.07 Å². The first-order chi connectivity index (χ1) is 10.7. The minimum absolute atomic E-state index is 0.0179. The summed E-state index contributed by atoms with van der Waals surface area (Å²) in [6.07, 6.45) is -2.27. The van der Waals surface area contributed by atoms with Crippen molar-refractivity contribution in [2.24, 2.45) is 5.41 Å². The molecule has 0 spiro atoms. The highest BCUT2D eigenvalue weighted by Crippen LogP contribution is 2.42. The molecule has 1 unspecified atom stereocenters. The van der Waals surface area contributed by atoms with Crippen LogP contribution in [0.15, 0.2) is 12.4 Å². The number of pyridine rings is 1. The Kier molecular flexibility index (Phi) is 4.50. The molecule has 1 aromatic heterocycles. The Labute approximate surface area is 131 Å². The fraction of sp³-hybridized carbons (Fsp3) is 0.533. The van der Waals surface area contributed by atoms with Crippen LogP contribution in [0.1, 0.15) is 31.4 Å². The van der Waals surface area contributed by atoms with E-state index >= 15 is 0 Å². The van der Waals surface area contributed by atoms with Crippen LogP contribution in [0, 0.1) is 16.7 Å². The Hall–Kier alpha value is -2.30. The minimum Gasteiger partial charge on any atom is -0.490 e. The van der Waals surface area contributed by atoms with Crippen LogP contribution >= 0.6 is 0 Å². The molecule has 2 rings (SSSR count). The molecule has 1 atom stereocenters. The van der Waals surface area contributed by atoms with Gasteiger partial charge in [0.2, 0.25) is 5.91 Å². The summed E-state index contributed by atoms with van der Waals surface area (Å²) >= 11 is 0. The lowest BCUT2D eigenvalue weighted by Crippen LogP contribution is -2.50. The maximum absolute atomic E-state index is 13.3. The summed E-state index contributed by atoms with van der Waals surface area (Å²) in [6, 6.07) is 1.92. The largest absolute Gasteiger partial charge is 0.490 e. The third kappa shape index (κ3) is 2.96. The summed E-state index contributed by atoms with van der Waals surface area (Å²) in [5.41, 5.74) is -1.82. The van der Waals surface area contributed by atoms with Crippen molar-refractivity contribution in [2.75, 3.05) is 13.2 Å². The van der Waals surface area contributed by atoms with E-state index < -0.39 is 17.5 Å². The Morgan fingerprint density at radius 2 is 2.17 bits per heavy atom. The second-order valence-corrected chi connectivity index (χ2v) is 5.55. The molecule has 0 aromatic carbocycles. The number of rotatable bonds is 2. The van der Waals surface area contributed by atoms with Crippen molar-refractivity contribution in [2.45, 2.75) is 33.0 Å². The summed E-state index contributed by atoms with van der Waals surface area (Å²) in [5.74, 6) is -0.714. The molecule has 0 saturated carbocycles. The first-order valence-electron chi connectivity index (χ1n) is 7.10. The number of amides is 1. The van der Waals surface area contributed by atoms with E-state index in [-0.39, 0.29) is 37.4 Å². The van der Waals surface area contributed by atoms with E-state index in [2.05, 4.69) is 4.98 Å². The summed E-state index contributed by atoms with van der Waals surface area (Å²) < 4.78 is 45.3. The molecule has 0 fully saturated rings. The molecule has 0 aliphatic carbocycles. The van der Waals surface area contributed by atoms with Gasteiger partial charge in [0, 0.05) is 18.0 Å². The third-order valence-electron chi connectivity index (χ3n) is 4.15. The van der Waals surface area contributed by atoms with Crippen LogP contribution in [0.4, 0.5) is 13.2 Å². The molecular formula is C15H16F3N3O2. The molecule has 8 heteroatoms. The van der Waals surface area contributed by atoms with Crippen LogP contribution in [0.25, 0.3) is 0 Å². The second-order valence-electron chi connectivity index (χ2n) is 5.55. The molecular weight excluding hydrogens is 311 g/mol. The van der Waals surface area contributed by atoms with Gasteiger partial charge in [0.1, 0.15) is 29.4 Å². The standard InChI is InChI=1S/C15H16F3N3O2/c1-3-14(2,15(16,17)18)13(22)21-4-5-23-12-10(6-19)7-20-8-11(12)9-21/h7-8H,3-5,9H2,1-2H3. The lowest BCUT2D eigenvalue weighted by molar-refractivity contribution is -0.223. The van der Waals surface area contributed by atoms with Crippen LogP contribution < -0.4 is 4.74 Å². The van der Waals surface area contributed by atoms with Crippen molar-refractivity contribution >= 4 is 5.91 Å². The van der Waals surface area contributed by atoms with Crippen molar-refractivity contribution in [3.05, 3.63) is 23.5 Å². The highest BCUT2D eigenvalue weighted by Gasteiger charge is 2.56. The van der Waals surface area contributed by atoms with Crippen molar-refractivity contribution in [3.8, 4) is 11.8 Å². The van der Waals surface area contributed by atoms with Crippen molar-refractivity contribution in [1.29, 1.82) is 5.26 Å². The number of alkyl halides is 3. The zero-order valence-corrected chi connectivity index (χ0v) is 12.8. The number of ether oxygens (including phenoxy) is 1. The van der Waals surface area contributed by atoms with Crippen molar-refractivity contribution in [1.82, 2.24) is 9.88 Å². The van der Waals surface area contributed by atoms with Gasteiger partial charge in [0.25, 0.3) is 0 Å². The number of halogens is 3. The van der Waals surface area contributed by atoms with Gasteiger partial charge in [-0.1, -0.05) is 6.92 Å². The maximum atomic E-state index is 13.3. The monoisotopic (exact) mass is 327 g/mol. The zero-order chi connectivity index (χ0) is 17.3. The van der Waals surface area contributed by atoms with Gasteiger partial charge in [-0.2, -0.15) is 18.4 Å². The van der Waals surface area contributed by atoms with Gasteiger partial charge < -0.3 is 9.64 Å². The van der Waals surface area contributed by atoms with Gasteiger partial charge in [-0.25, -0.2) is 0 Å². The predicted molar refractivity (Wildman–Crippen MR) is 74.3 cm³/mol. The molecule has 1 aliphatic heterocycles. The molecule has 124 valence electrons. The molecule has 2 heterocycles. The lowest BCUT2D eigenvalue weighted by Gasteiger charge is -2.34. The number of fused-ring (bicyclic) bond motifs is 1. The lowest BCUT2D eigenvalue weighted by atomic mass is 9.85. The molecule has 0 radical (unpaired) electrons. The van der Waals surface area contributed by atoms with Gasteiger partial charge in [0.15, 0.2) is 0 Å². The predicted octanol–water partition coefficient (Wildman–Crippen LogP) is 2.65. The molecule has 0 bridgehead atoms. The molecule has 1 aromatic rings. The normalized spacial score (nSPS) is 17.3. The summed E-state index contributed by atoms with van der Waals surface area (Å²) in [6.45, 7) is 2.22. The average molecular weight is 327 g/mol. The highest BCUT2D eigenvalue weighted by molar-refractivity contribution is 5.83. The van der Waals surface area contributed by atoms with Gasteiger partial charge >= 0.3 is 6.18 Å². The van der Waals surface area contributed by atoms with Crippen molar-refractivity contribution < 1.29 is 22.7 Å². The number of carbonyl (C=O) groups excluding carboxylic acids is 1. The van der Waals surface area contributed by atoms with E-state index in [9.17, 15) is 18.0 Å². The van der Waals surface area contributed by atoms with Crippen LogP contribution in [0.5, 0.6) is 5.75 Å². The van der Waals surface area contributed by atoms with E-state index in [0.717, 1.165) is 11.8 Å². The van der Waals surface area contributed by atoms with Gasteiger partial charge in [-0.05, 0) is 13.3 Å². The zero-order valence-electron chi connectivity index (χ0n) is 12.8. The number of aromatic nitrogens is 1. The quantitative estimate of drug-likeness (QED) is 0.837. The number of hydrogen-bond acceptors (Lipinski definition) is 4. The SMILES string of the molecule is CCC(C)(C(=O)N1CCOc2c(C#N)cncc2C1)C(F)(F)F. The fourth-order valence-electron chi connectivity index (χ4n) is 2.39. The molecule has 23 heavy (non-hydrogen) atoms. The number of nitriles is 1. The van der Waals surface area contributed by atoms with Crippen LogP contribution in [-0.4, -0.2) is 35.1 Å². The topological polar surface area (TPSA) is 66.2 Å². The third-order valence-corrected chi connectivity index (χ3v) is 4.15. The Morgan fingerprint density at radius 3 is 2.74 bits per heavy atom. The minimum atomic E-state index is -4.64. The van der Waals surface area contributed by atoms with Gasteiger partial charge in [-0.15, -0.1) is 0 Å². The van der Waals surface area contributed by atoms with Crippen LogP contribution in [-0.2, 0) is 11.3 Å². The molecule has 1 aliphatic rings. The summed E-state index contributed by atoms with van der Waals surface area (Å²) in [7, 11) is 0. The van der Waals surface area contributed by atoms with Gasteiger partial charge in [0.05, 0.1) is 13.1 Å². The highest BCUT2D eigenvalue weighted by atomic mass is 19.4. The van der Waals surface area contributed by atoms with Crippen LogP contribution in [0.3, 0.4) is 0 Å². The fourth-order valence-corrected chi connectivity index (χ4v) is 2.39. The molecule has 0 saturated heterocycles. The first-order valence-corrected chi connectivity index (χ1v) is 7.10. The smallest absolute Gasteiger partial charge is 0.402 e. The van der Waals surface area contributed by atoms with Crippen molar-refractivity contribution in [3.63, 3.8) is 0 Å². The molecule has 5 nitrogen and oxygen atoms in total. The second kappa shape index (κ2) is 6.07. The Morgan fingerprint density at radius 1 is 1.48 bits per heavy atom. The Bertz CT molecular complexity index is 654. The summed E-state index contributed by atoms with van der Waals surface area (Å²) in [5, 5.41) is 9.04. The molecule has 0 N–H and O–H groups in total. The van der Waals surface area contributed by atoms with Gasteiger partial charge in [-0.3, -0.25) is 9.78 Å². The number of hydrogen-bond donors (Lipinski definition) is 0. The van der Waals surface area contributed by atoms with E-state index in [1.165, 1.54) is 19.3 Å². The van der Waals surface area contributed by atoms with E-state index in [4.69, 9.17) is 10.00 Å². The summed E-state index contributed by atoms with van der Waals surface area (Å²) in [4.78, 5) is 17.5. The Balaban J connectivity index is 2.35. The maximum Gasteiger partial charge on any atom is 0.402 e. The number of carbonyl (C=O) groups is 1. The van der Waals surface area contributed by atoms with E-state index in [0.29, 0.717) is 5.56 Å². The van der Waals surface area contributed by atoms with E-state index in [1.54, 1.807) is 0 Å². The first kappa shape index (κ1) is 17.1.